The lowest BCUT2D eigenvalue weighted by molar-refractivity contribution is -0.144. The van der Waals surface area contributed by atoms with Crippen molar-refractivity contribution < 1.29 is 9.59 Å². The van der Waals surface area contributed by atoms with Crippen molar-refractivity contribution in [3.8, 4) is 0 Å². The zero-order valence-corrected chi connectivity index (χ0v) is 12.1. The molecule has 6 heteroatoms. The second kappa shape index (κ2) is 4.66. The summed E-state index contributed by atoms with van der Waals surface area (Å²) in [4.78, 5) is 28.2. The van der Waals surface area contributed by atoms with Crippen LogP contribution in [0.15, 0.2) is 0 Å². The fourth-order valence-electron chi connectivity index (χ4n) is 3.42. The molecule has 3 heterocycles. The van der Waals surface area contributed by atoms with Crippen LogP contribution in [-0.2, 0) is 9.59 Å². The molecule has 0 saturated carbocycles. The highest BCUT2D eigenvalue weighted by Crippen LogP contribution is 2.47. The van der Waals surface area contributed by atoms with Gasteiger partial charge in [-0.05, 0) is 26.2 Å². The molecule has 0 spiro atoms. The van der Waals surface area contributed by atoms with Crippen LogP contribution in [0.5, 0.6) is 0 Å². The Balaban J connectivity index is 1.75. The lowest BCUT2D eigenvalue weighted by atomic mass is 10.1. The summed E-state index contributed by atoms with van der Waals surface area (Å²) in [5, 5.41) is 0. The second-order valence-electron chi connectivity index (χ2n) is 5.95. The number of fused-ring (bicyclic) bond motifs is 1. The molecule has 0 aromatic carbocycles. The first-order valence-corrected chi connectivity index (χ1v) is 8.00. The Kier molecular flexibility index (Phi) is 3.25. The van der Waals surface area contributed by atoms with Gasteiger partial charge in [0, 0.05) is 31.3 Å². The molecule has 3 rings (SSSR count). The Morgan fingerprint density at radius 1 is 1.53 bits per heavy atom. The van der Waals surface area contributed by atoms with Crippen molar-refractivity contribution in [3.05, 3.63) is 0 Å². The maximum absolute atomic E-state index is 12.6. The highest BCUT2D eigenvalue weighted by atomic mass is 32.2. The highest BCUT2D eigenvalue weighted by molar-refractivity contribution is 8.01. The first-order valence-electron chi connectivity index (χ1n) is 7.02. The predicted molar refractivity (Wildman–Crippen MR) is 74.5 cm³/mol. The Morgan fingerprint density at radius 3 is 3.05 bits per heavy atom. The van der Waals surface area contributed by atoms with E-state index in [0.29, 0.717) is 13.0 Å². The van der Waals surface area contributed by atoms with Crippen molar-refractivity contribution >= 4 is 23.6 Å². The number of carbonyl (C=O) groups excluding carboxylic acids is 2. The van der Waals surface area contributed by atoms with E-state index < -0.39 is 0 Å². The van der Waals surface area contributed by atoms with E-state index in [1.807, 2.05) is 9.80 Å². The zero-order valence-electron chi connectivity index (χ0n) is 11.3. The van der Waals surface area contributed by atoms with Crippen molar-refractivity contribution in [3.63, 3.8) is 0 Å². The van der Waals surface area contributed by atoms with Gasteiger partial charge in [-0.3, -0.25) is 9.59 Å². The summed E-state index contributed by atoms with van der Waals surface area (Å²) in [5.41, 5.74) is 5.94. The summed E-state index contributed by atoms with van der Waals surface area (Å²) in [6, 6.07) is -0.178. The van der Waals surface area contributed by atoms with E-state index in [1.54, 1.807) is 11.8 Å². The lowest BCUT2D eigenvalue weighted by Crippen LogP contribution is -2.55. The third-order valence-corrected chi connectivity index (χ3v) is 6.00. The lowest BCUT2D eigenvalue weighted by Gasteiger charge is -2.36. The summed E-state index contributed by atoms with van der Waals surface area (Å²) >= 11 is 1.75. The van der Waals surface area contributed by atoms with Gasteiger partial charge in [0.15, 0.2) is 0 Å². The SMILES string of the molecule is CC12CCC(=O)N1C(C(=O)N1CCCC(N)C1)CS2. The molecule has 3 aliphatic rings. The van der Waals surface area contributed by atoms with Crippen molar-refractivity contribution in [2.75, 3.05) is 18.8 Å². The van der Waals surface area contributed by atoms with Crippen LogP contribution in [0.3, 0.4) is 0 Å². The molecule has 0 radical (unpaired) electrons. The smallest absolute Gasteiger partial charge is 0.246 e. The molecule has 0 aromatic rings. The minimum atomic E-state index is -0.268. The average molecular weight is 283 g/mol. The molecule has 3 fully saturated rings. The molecule has 5 nitrogen and oxygen atoms in total. The number of carbonyl (C=O) groups is 2. The molecular weight excluding hydrogens is 262 g/mol. The summed E-state index contributed by atoms with van der Waals surface area (Å²) in [6.45, 7) is 3.50. The Morgan fingerprint density at radius 2 is 2.32 bits per heavy atom. The van der Waals surface area contributed by atoms with E-state index in [9.17, 15) is 9.59 Å². The third kappa shape index (κ3) is 2.14. The predicted octanol–water partition coefficient (Wildman–Crippen LogP) is 0.390. The summed E-state index contributed by atoms with van der Waals surface area (Å²) < 4.78 is 0. The zero-order chi connectivity index (χ0) is 13.6. The van der Waals surface area contributed by atoms with Crippen molar-refractivity contribution in [1.29, 1.82) is 0 Å². The number of thioether (sulfide) groups is 1. The number of piperidine rings is 1. The molecule has 2 amide bonds. The van der Waals surface area contributed by atoms with Gasteiger partial charge >= 0.3 is 0 Å². The molecule has 19 heavy (non-hydrogen) atoms. The van der Waals surface area contributed by atoms with Crippen molar-refractivity contribution in [2.45, 2.75) is 49.6 Å². The largest absolute Gasteiger partial charge is 0.339 e. The molecule has 3 saturated heterocycles. The highest BCUT2D eigenvalue weighted by Gasteiger charge is 2.53. The molecule has 0 bridgehead atoms. The first kappa shape index (κ1) is 13.2. The van der Waals surface area contributed by atoms with Crippen LogP contribution < -0.4 is 5.73 Å². The first-order chi connectivity index (χ1) is 9.01. The average Bonchev–Trinajstić information content (AvgIpc) is 2.86. The van der Waals surface area contributed by atoms with E-state index in [4.69, 9.17) is 5.73 Å². The van der Waals surface area contributed by atoms with Crippen LogP contribution in [0.4, 0.5) is 0 Å². The molecule has 0 aliphatic carbocycles. The molecule has 2 N–H and O–H groups in total. The van der Waals surface area contributed by atoms with Gasteiger partial charge in [0.2, 0.25) is 11.8 Å². The standard InChI is InChI=1S/C13H21N3O2S/c1-13-5-4-11(17)16(13)10(8-19-13)12(18)15-6-2-3-9(14)7-15/h9-10H,2-8,14H2,1H3. The fourth-order valence-corrected chi connectivity index (χ4v) is 4.85. The molecule has 0 aromatic heterocycles. The van der Waals surface area contributed by atoms with Gasteiger partial charge in [0.05, 0.1) is 4.87 Å². The van der Waals surface area contributed by atoms with Crippen molar-refractivity contribution in [2.24, 2.45) is 5.73 Å². The number of likely N-dealkylation sites (tertiary alicyclic amines) is 1. The van der Waals surface area contributed by atoms with E-state index in [0.717, 1.165) is 31.6 Å². The third-order valence-electron chi connectivity index (χ3n) is 4.50. The topological polar surface area (TPSA) is 66.6 Å². The number of hydrogen-bond donors (Lipinski definition) is 1. The Bertz CT molecular complexity index is 417. The maximum Gasteiger partial charge on any atom is 0.246 e. The van der Waals surface area contributed by atoms with Gasteiger partial charge in [-0.1, -0.05) is 0 Å². The summed E-state index contributed by atoms with van der Waals surface area (Å²) in [7, 11) is 0. The molecule has 3 aliphatic heterocycles. The summed E-state index contributed by atoms with van der Waals surface area (Å²) in [5.74, 6) is 0.959. The van der Waals surface area contributed by atoms with Gasteiger partial charge in [0.1, 0.15) is 6.04 Å². The van der Waals surface area contributed by atoms with Gasteiger partial charge in [-0.15, -0.1) is 11.8 Å². The van der Waals surface area contributed by atoms with Crippen LogP contribution in [0.1, 0.15) is 32.6 Å². The molecular formula is C13H21N3O2S. The van der Waals surface area contributed by atoms with Gasteiger partial charge < -0.3 is 15.5 Å². The van der Waals surface area contributed by atoms with E-state index in [1.165, 1.54) is 0 Å². The van der Waals surface area contributed by atoms with Gasteiger partial charge in [-0.2, -0.15) is 0 Å². The number of nitrogens with two attached hydrogens (primary N) is 1. The second-order valence-corrected chi connectivity index (χ2v) is 7.45. The quantitative estimate of drug-likeness (QED) is 0.756. The van der Waals surface area contributed by atoms with Crippen LogP contribution in [0.25, 0.3) is 0 Å². The minimum Gasteiger partial charge on any atom is -0.339 e. The molecule has 106 valence electrons. The number of nitrogens with zero attached hydrogens (tertiary/aromatic N) is 2. The van der Waals surface area contributed by atoms with E-state index >= 15 is 0 Å². The van der Waals surface area contributed by atoms with E-state index in [-0.39, 0.29) is 28.8 Å². The Hall–Kier alpha value is -0.750. The van der Waals surface area contributed by atoms with Crippen LogP contribution >= 0.6 is 11.8 Å². The van der Waals surface area contributed by atoms with E-state index in [2.05, 4.69) is 6.92 Å². The fraction of sp³-hybridized carbons (Fsp3) is 0.846. The van der Waals surface area contributed by atoms with Crippen LogP contribution in [0, 0.1) is 0 Å². The van der Waals surface area contributed by atoms with Gasteiger partial charge in [0.25, 0.3) is 0 Å². The number of rotatable bonds is 1. The number of amides is 2. The molecule has 3 unspecified atom stereocenters. The van der Waals surface area contributed by atoms with Crippen LogP contribution in [0.2, 0.25) is 0 Å². The minimum absolute atomic E-state index is 0.0902. The summed E-state index contributed by atoms with van der Waals surface area (Å²) in [6.07, 6.45) is 3.40. The van der Waals surface area contributed by atoms with Gasteiger partial charge in [-0.25, -0.2) is 0 Å². The number of hydrogen-bond acceptors (Lipinski definition) is 4. The maximum atomic E-state index is 12.6. The monoisotopic (exact) mass is 283 g/mol. The van der Waals surface area contributed by atoms with Crippen molar-refractivity contribution in [1.82, 2.24) is 9.80 Å². The molecule has 3 atom stereocenters. The Labute approximate surface area is 117 Å². The van der Waals surface area contributed by atoms with Crippen LogP contribution in [-0.4, -0.2) is 57.4 Å². The normalized spacial score (nSPS) is 38.7.